The van der Waals surface area contributed by atoms with Gasteiger partial charge in [0, 0.05) is 40.9 Å². The van der Waals surface area contributed by atoms with Crippen LogP contribution in [0.5, 0.6) is 0 Å². The number of benzene rings is 4. The fourth-order valence-corrected chi connectivity index (χ4v) is 6.87. The summed E-state index contributed by atoms with van der Waals surface area (Å²) in [5.41, 5.74) is 0.331. The van der Waals surface area contributed by atoms with Gasteiger partial charge in [-0.1, -0.05) is 177 Å². The molecule has 4 aromatic carbocycles. The Bertz CT molecular complexity index is 1690. The molecule has 0 amide bonds. The normalized spacial score (nSPS) is 14.7. The van der Waals surface area contributed by atoms with Crippen LogP contribution >= 0.6 is 0 Å². The topological polar surface area (TPSA) is 112 Å². The SMILES string of the molecule is CC(C)(COCc1ccccc1)[C@@H](O)CC(=O)C(C)(C)[C@@H](C[C@@H](OCc1ccccc1)C(C)(C)C(=O)C[C@H](O)C(C)(C)COCc1ccccc1)OCc1ccccc1. The first kappa shape index (κ1) is 47.7. The molecule has 4 rings (SSSR count). The number of Topliss-reactive ketones (excluding diaryl/α,β-unsaturated/α-hetero) is 2. The fraction of sp³-hybridized carbons (Fsp3) is 0.490. The highest BCUT2D eigenvalue weighted by Crippen LogP contribution is 2.39. The predicted molar refractivity (Wildman–Crippen MR) is 233 cm³/mol. The van der Waals surface area contributed by atoms with Crippen molar-refractivity contribution >= 4 is 11.6 Å². The summed E-state index contributed by atoms with van der Waals surface area (Å²) in [7, 11) is 0. The number of hydrogen-bond donors (Lipinski definition) is 2. The Labute approximate surface area is 353 Å². The lowest BCUT2D eigenvalue weighted by atomic mass is 9.70. The van der Waals surface area contributed by atoms with Gasteiger partial charge in [-0.3, -0.25) is 9.59 Å². The number of carbonyl (C=O) groups is 2. The van der Waals surface area contributed by atoms with Gasteiger partial charge in [0.05, 0.1) is 64.1 Å². The van der Waals surface area contributed by atoms with E-state index in [0.29, 0.717) is 13.2 Å². The molecule has 0 heterocycles. The maximum absolute atomic E-state index is 14.4. The van der Waals surface area contributed by atoms with E-state index >= 15 is 0 Å². The third-order valence-corrected chi connectivity index (χ3v) is 11.8. The molecule has 0 saturated heterocycles. The molecule has 0 spiro atoms. The second-order valence-electron chi connectivity index (χ2n) is 18.5. The highest BCUT2D eigenvalue weighted by Gasteiger charge is 2.46. The van der Waals surface area contributed by atoms with Crippen LogP contribution < -0.4 is 0 Å². The van der Waals surface area contributed by atoms with E-state index in [1.807, 2.05) is 177 Å². The van der Waals surface area contributed by atoms with E-state index in [1.54, 1.807) is 0 Å². The van der Waals surface area contributed by atoms with Crippen LogP contribution in [0.3, 0.4) is 0 Å². The molecule has 8 nitrogen and oxygen atoms in total. The van der Waals surface area contributed by atoms with Crippen molar-refractivity contribution in [2.45, 2.75) is 125 Å². The standard InChI is InChI=1S/C51H68O8/c1-48(2,36-56-32-38-21-13-9-14-22-38)42(52)29-44(54)50(5,6)46(58-34-40-25-17-11-18-26-40)31-47(59-35-41-27-19-12-20-28-41)51(7,8)45(55)30-43(53)49(3,4)37-57-33-39-23-15-10-16-24-39/h9-28,42-43,46-47,52-53H,29-37H2,1-8H3/t42-,43-,46+,47+/m0/s1. The van der Waals surface area contributed by atoms with Crippen LogP contribution in [-0.2, 0) is 55.0 Å². The zero-order valence-electron chi connectivity index (χ0n) is 36.6. The lowest BCUT2D eigenvalue weighted by Gasteiger charge is -2.41. The summed E-state index contributed by atoms with van der Waals surface area (Å²) >= 11 is 0. The lowest BCUT2D eigenvalue weighted by Crippen LogP contribution is -2.49. The number of ether oxygens (including phenoxy) is 4. The summed E-state index contributed by atoms with van der Waals surface area (Å²) in [5.74, 6) is -0.337. The molecule has 320 valence electrons. The van der Waals surface area contributed by atoms with Crippen LogP contribution in [0.25, 0.3) is 0 Å². The number of ketones is 2. The van der Waals surface area contributed by atoms with E-state index in [9.17, 15) is 19.8 Å². The van der Waals surface area contributed by atoms with Crippen LogP contribution in [0, 0.1) is 21.7 Å². The molecule has 0 aromatic heterocycles. The van der Waals surface area contributed by atoms with E-state index in [0.717, 1.165) is 22.3 Å². The van der Waals surface area contributed by atoms with E-state index < -0.39 is 46.1 Å². The van der Waals surface area contributed by atoms with Gasteiger partial charge in [0.2, 0.25) is 0 Å². The Hall–Kier alpha value is -4.02. The van der Waals surface area contributed by atoms with Crippen molar-refractivity contribution in [1.29, 1.82) is 0 Å². The molecule has 8 heteroatoms. The molecule has 0 aliphatic heterocycles. The van der Waals surface area contributed by atoms with E-state index in [4.69, 9.17) is 18.9 Å². The number of rotatable bonds is 26. The van der Waals surface area contributed by atoms with E-state index in [-0.39, 0.29) is 57.3 Å². The highest BCUT2D eigenvalue weighted by molar-refractivity contribution is 5.86. The fourth-order valence-electron chi connectivity index (χ4n) is 6.87. The number of aliphatic hydroxyl groups is 2. The van der Waals surface area contributed by atoms with Crippen molar-refractivity contribution in [3.8, 4) is 0 Å². The van der Waals surface area contributed by atoms with Crippen LogP contribution in [0.15, 0.2) is 121 Å². The van der Waals surface area contributed by atoms with Gasteiger partial charge < -0.3 is 29.2 Å². The second kappa shape index (κ2) is 22.0. The van der Waals surface area contributed by atoms with E-state index in [1.165, 1.54) is 0 Å². The zero-order valence-corrected chi connectivity index (χ0v) is 36.6. The molecule has 59 heavy (non-hydrogen) atoms. The first-order chi connectivity index (χ1) is 27.9. The molecule has 4 aromatic rings. The maximum Gasteiger partial charge on any atom is 0.143 e. The van der Waals surface area contributed by atoms with Gasteiger partial charge in [-0.2, -0.15) is 0 Å². The Balaban J connectivity index is 1.54. The van der Waals surface area contributed by atoms with Crippen molar-refractivity contribution in [3.05, 3.63) is 144 Å². The average molecular weight is 809 g/mol. The summed E-state index contributed by atoms with van der Waals surface area (Å²) in [6.45, 7) is 16.8. The zero-order chi connectivity index (χ0) is 43.1. The minimum absolute atomic E-state index is 0.106. The minimum atomic E-state index is -1.10. The lowest BCUT2D eigenvalue weighted by molar-refractivity contribution is -0.154. The van der Waals surface area contributed by atoms with Crippen molar-refractivity contribution in [3.63, 3.8) is 0 Å². The maximum atomic E-state index is 14.4. The highest BCUT2D eigenvalue weighted by atomic mass is 16.5. The van der Waals surface area contributed by atoms with Crippen molar-refractivity contribution in [2.24, 2.45) is 21.7 Å². The number of carbonyl (C=O) groups excluding carboxylic acids is 2. The first-order valence-corrected chi connectivity index (χ1v) is 20.9. The summed E-state index contributed by atoms with van der Waals surface area (Å²) < 4.78 is 25.4. The van der Waals surface area contributed by atoms with Crippen molar-refractivity contribution in [1.82, 2.24) is 0 Å². The Morgan fingerprint density at radius 3 is 1.02 bits per heavy atom. The second-order valence-corrected chi connectivity index (χ2v) is 18.5. The molecule has 0 radical (unpaired) electrons. The Morgan fingerprint density at radius 2 is 0.729 bits per heavy atom. The van der Waals surface area contributed by atoms with Gasteiger partial charge in [-0.05, 0) is 22.3 Å². The van der Waals surface area contributed by atoms with Crippen molar-refractivity contribution in [2.75, 3.05) is 13.2 Å². The van der Waals surface area contributed by atoms with Gasteiger partial charge >= 0.3 is 0 Å². The predicted octanol–water partition coefficient (Wildman–Crippen LogP) is 9.73. The molecule has 0 saturated carbocycles. The molecule has 0 fully saturated rings. The monoisotopic (exact) mass is 808 g/mol. The quantitative estimate of drug-likeness (QED) is 0.0646. The molecular weight excluding hydrogens is 741 g/mol. The Kier molecular flexibility index (Phi) is 17.8. The number of aliphatic hydroxyl groups excluding tert-OH is 2. The Morgan fingerprint density at radius 1 is 0.458 bits per heavy atom. The molecule has 0 unspecified atom stereocenters. The molecular formula is C51H68O8. The summed E-state index contributed by atoms with van der Waals surface area (Å²) in [6, 6.07) is 39.2. The van der Waals surface area contributed by atoms with Gasteiger partial charge in [0.15, 0.2) is 0 Å². The summed E-state index contributed by atoms with van der Waals surface area (Å²) in [4.78, 5) is 28.8. The van der Waals surface area contributed by atoms with Gasteiger partial charge in [0.1, 0.15) is 11.6 Å². The molecule has 0 bridgehead atoms. The van der Waals surface area contributed by atoms with Gasteiger partial charge in [-0.15, -0.1) is 0 Å². The number of hydrogen-bond acceptors (Lipinski definition) is 8. The average Bonchev–Trinajstić information content (AvgIpc) is 3.21. The molecule has 0 aliphatic rings. The first-order valence-electron chi connectivity index (χ1n) is 20.9. The molecule has 2 N–H and O–H groups in total. The smallest absolute Gasteiger partial charge is 0.143 e. The van der Waals surface area contributed by atoms with Gasteiger partial charge in [0.25, 0.3) is 0 Å². The van der Waals surface area contributed by atoms with Crippen LogP contribution in [0.4, 0.5) is 0 Å². The molecule has 0 aliphatic carbocycles. The minimum Gasteiger partial charge on any atom is -0.392 e. The molecule has 4 atom stereocenters. The largest absolute Gasteiger partial charge is 0.392 e. The van der Waals surface area contributed by atoms with Crippen LogP contribution in [-0.4, -0.2) is 59.4 Å². The summed E-state index contributed by atoms with van der Waals surface area (Å²) in [6.07, 6.45) is -3.39. The third kappa shape index (κ3) is 14.6. The van der Waals surface area contributed by atoms with Gasteiger partial charge in [-0.25, -0.2) is 0 Å². The third-order valence-electron chi connectivity index (χ3n) is 11.8. The van der Waals surface area contributed by atoms with Crippen LogP contribution in [0.1, 0.15) is 96.9 Å². The van der Waals surface area contributed by atoms with Crippen LogP contribution in [0.2, 0.25) is 0 Å². The summed E-state index contributed by atoms with van der Waals surface area (Å²) in [5, 5.41) is 23.0. The van der Waals surface area contributed by atoms with E-state index in [2.05, 4.69) is 0 Å². The van der Waals surface area contributed by atoms with Crippen molar-refractivity contribution < 1.29 is 38.7 Å².